The molecule has 5 nitrogen and oxygen atoms in total. The predicted octanol–water partition coefficient (Wildman–Crippen LogP) is 2.22. The smallest absolute Gasteiger partial charge is 0.257 e. The van der Waals surface area contributed by atoms with E-state index in [1.807, 2.05) is 11.6 Å². The number of amides is 1. The summed E-state index contributed by atoms with van der Waals surface area (Å²) in [5.41, 5.74) is 0.142. The van der Waals surface area contributed by atoms with Crippen molar-refractivity contribution >= 4 is 18.3 Å². The molecule has 3 rings (SSSR count). The topological polar surface area (TPSA) is 50.2 Å². The van der Waals surface area contributed by atoms with Crippen LogP contribution in [0.4, 0.5) is 8.78 Å². The number of aryl methyl sites for hydroxylation is 2. The summed E-state index contributed by atoms with van der Waals surface area (Å²) < 4.78 is 29.3. The van der Waals surface area contributed by atoms with E-state index in [4.69, 9.17) is 0 Å². The third-order valence-electron chi connectivity index (χ3n) is 4.14. The number of rotatable bonds is 2. The fraction of sp³-hybridized carbons (Fsp3) is 0.375. The molecule has 1 aromatic heterocycles. The van der Waals surface area contributed by atoms with Crippen LogP contribution in [0, 0.1) is 18.6 Å². The molecule has 0 saturated carbocycles. The van der Waals surface area contributed by atoms with Gasteiger partial charge in [0.25, 0.3) is 5.91 Å². The van der Waals surface area contributed by atoms with Crippen LogP contribution in [0.25, 0.3) is 0 Å². The van der Waals surface area contributed by atoms with E-state index < -0.39 is 17.5 Å². The van der Waals surface area contributed by atoms with Gasteiger partial charge in [-0.1, -0.05) is 0 Å². The maximum atomic E-state index is 14.1. The first-order valence-corrected chi connectivity index (χ1v) is 7.43. The second-order valence-corrected chi connectivity index (χ2v) is 5.70. The van der Waals surface area contributed by atoms with Crippen molar-refractivity contribution in [2.75, 3.05) is 19.6 Å². The summed E-state index contributed by atoms with van der Waals surface area (Å²) in [7, 11) is 1.85. The van der Waals surface area contributed by atoms with Gasteiger partial charge in [0.15, 0.2) is 0 Å². The molecule has 24 heavy (non-hydrogen) atoms. The monoisotopic (exact) mass is 356 g/mol. The van der Waals surface area contributed by atoms with Gasteiger partial charge in [0, 0.05) is 45.1 Å². The maximum Gasteiger partial charge on any atom is 0.257 e. The normalized spacial score (nSPS) is 17.5. The van der Waals surface area contributed by atoms with Crippen molar-refractivity contribution in [1.82, 2.24) is 19.8 Å². The molecule has 1 amide bonds. The summed E-state index contributed by atoms with van der Waals surface area (Å²) >= 11 is 0. The molecule has 8 heteroatoms. The Hall–Kier alpha value is -1.99. The van der Waals surface area contributed by atoms with Crippen molar-refractivity contribution in [1.29, 1.82) is 0 Å². The SMILES string of the molecule is Cc1cc(C(=O)N2CCNCC2c2nccn2C)c(F)cc1F.Cl. The van der Waals surface area contributed by atoms with Crippen molar-refractivity contribution in [3.05, 3.63) is 53.1 Å². The number of nitrogens with one attached hydrogen (secondary N) is 1. The minimum Gasteiger partial charge on any atom is -0.336 e. The number of carbonyl (C=O) groups excluding carboxylic acids is 1. The molecule has 1 aliphatic heterocycles. The Balaban J connectivity index is 0.00000208. The van der Waals surface area contributed by atoms with Crippen LogP contribution in [0.2, 0.25) is 0 Å². The number of hydrogen-bond donors (Lipinski definition) is 1. The number of hydrogen-bond acceptors (Lipinski definition) is 3. The molecule has 0 radical (unpaired) electrons. The Labute approximate surface area is 145 Å². The Morgan fingerprint density at radius 1 is 1.33 bits per heavy atom. The largest absolute Gasteiger partial charge is 0.336 e. The van der Waals surface area contributed by atoms with Gasteiger partial charge in [-0.15, -0.1) is 12.4 Å². The molecule has 0 spiro atoms. The van der Waals surface area contributed by atoms with E-state index in [0.717, 1.165) is 11.9 Å². The quantitative estimate of drug-likeness (QED) is 0.897. The lowest BCUT2D eigenvalue weighted by atomic mass is 10.1. The number of carbonyl (C=O) groups is 1. The highest BCUT2D eigenvalue weighted by molar-refractivity contribution is 5.95. The first kappa shape index (κ1) is 18.4. The zero-order valence-corrected chi connectivity index (χ0v) is 14.2. The van der Waals surface area contributed by atoms with E-state index in [1.54, 1.807) is 17.3 Å². The van der Waals surface area contributed by atoms with Crippen LogP contribution in [0.5, 0.6) is 0 Å². The molecule has 1 saturated heterocycles. The summed E-state index contributed by atoms with van der Waals surface area (Å²) in [5, 5.41) is 3.22. The van der Waals surface area contributed by atoms with Gasteiger partial charge in [-0.25, -0.2) is 13.8 Å². The van der Waals surface area contributed by atoms with Crippen molar-refractivity contribution in [3.8, 4) is 0 Å². The lowest BCUT2D eigenvalue weighted by Gasteiger charge is -2.36. The Morgan fingerprint density at radius 2 is 2.08 bits per heavy atom. The van der Waals surface area contributed by atoms with E-state index in [1.165, 1.54) is 13.0 Å². The van der Waals surface area contributed by atoms with Crippen LogP contribution < -0.4 is 5.32 Å². The highest BCUT2D eigenvalue weighted by Gasteiger charge is 2.32. The summed E-state index contributed by atoms with van der Waals surface area (Å²) in [4.78, 5) is 18.7. The minimum atomic E-state index is -0.838. The zero-order chi connectivity index (χ0) is 16.6. The van der Waals surface area contributed by atoms with E-state index in [0.29, 0.717) is 19.6 Å². The van der Waals surface area contributed by atoms with Gasteiger partial charge in [0.2, 0.25) is 0 Å². The predicted molar refractivity (Wildman–Crippen MR) is 88.2 cm³/mol. The van der Waals surface area contributed by atoms with Crippen LogP contribution in [-0.4, -0.2) is 40.0 Å². The molecule has 1 atom stereocenters. The summed E-state index contributed by atoms with van der Waals surface area (Å²) in [5.74, 6) is -1.21. The highest BCUT2D eigenvalue weighted by Crippen LogP contribution is 2.24. The van der Waals surface area contributed by atoms with Crippen LogP contribution in [0.1, 0.15) is 27.8 Å². The van der Waals surface area contributed by atoms with Gasteiger partial charge in [-0.05, 0) is 18.6 Å². The molecular formula is C16H19ClF2N4O. The number of imidazole rings is 1. The van der Waals surface area contributed by atoms with Crippen LogP contribution in [0.15, 0.2) is 24.5 Å². The number of benzene rings is 1. The van der Waals surface area contributed by atoms with Crippen LogP contribution in [0.3, 0.4) is 0 Å². The molecule has 2 heterocycles. The van der Waals surface area contributed by atoms with E-state index in [9.17, 15) is 13.6 Å². The average Bonchev–Trinajstić information content (AvgIpc) is 2.96. The van der Waals surface area contributed by atoms with Crippen molar-refractivity contribution in [3.63, 3.8) is 0 Å². The lowest BCUT2D eigenvalue weighted by Crippen LogP contribution is -2.49. The van der Waals surface area contributed by atoms with Crippen LogP contribution in [-0.2, 0) is 7.05 Å². The van der Waals surface area contributed by atoms with Crippen molar-refractivity contribution in [2.24, 2.45) is 7.05 Å². The van der Waals surface area contributed by atoms with Gasteiger partial charge in [-0.2, -0.15) is 0 Å². The molecule has 0 bridgehead atoms. The Bertz CT molecular complexity index is 750. The highest BCUT2D eigenvalue weighted by atomic mass is 35.5. The fourth-order valence-corrected chi connectivity index (χ4v) is 2.85. The maximum absolute atomic E-state index is 14.1. The molecule has 130 valence electrons. The molecule has 1 fully saturated rings. The van der Waals surface area contributed by atoms with Gasteiger partial charge in [-0.3, -0.25) is 4.79 Å². The third kappa shape index (κ3) is 3.27. The van der Waals surface area contributed by atoms with Crippen molar-refractivity contribution < 1.29 is 13.6 Å². The van der Waals surface area contributed by atoms with E-state index >= 15 is 0 Å². The first-order valence-electron chi connectivity index (χ1n) is 7.43. The number of nitrogens with zero attached hydrogens (tertiary/aromatic N) is 3. The lowest BCUT2D eigenvalue weighted by molar-refractivity contribution is 0.0616. The first-order chi connectivity index (χ1) is 11.0. The molecule has 1 aromatic carbocycles. The minimum absolute atomic E-state index is 0. The number of aromatic nitrogens is 2. The van der Waals surface area contributed by atoms with Gasteiger partial charge in [0.1, 0.15) is 23.5 Å². The van der Waals surface area contributed by atoms with Gasteiger partial charge < -0.3 is 14.8 Å². The Morgan fingerprint density at radius 3 is 2.75 bits per heavy atom. The average molecular weight is 357 g/mol. The molecule has 1 aliphatic rings. The number of halogens is 3. The summed E-state index contributed by atoms with van der Waals surface area (Å²) in [6.07, 6.45) is 3.46. The number of piperazine rings is 1. The van der Waals surface area contributed by atoms with E-state index in [2.05, 4.69) is 10.3 Å². The summed E-state index contributed by atoms with van der Waals surface area (Å²) in [6, 6.07) is 1.74. The van der Waals surface area contributed by atoms with Crippen molar-refractivity contribution in [2.45, 2.75) is 13.0 Å². The third-order valence-corrected chi connectivity index (χ3v) is 4.14. The Kier molecular flexibility index (Phi) is 5.56. The molecule has 1 unspecified atom stereocenters. The molecule has 1 N–H and O–H groups in total. The molecule has 0 aliphatic carbocycles. The van der Waals surface area contributed by atoms with Gasteiger partial charge in [0.05, 0.1) is 5.56 Å². The second-order valence-electron chi connectivity index (χ2n) is 5.70. The zero-order valence-electron chi connectivity index (χ0n) is 13.4. The summed E-state index contributed by atoms with van der Waals surface area (Å²) in [6.45, 7) is 3.11. The second kappa shape index (κ2) is 7.27. The standard InChI is InChI=1S/C16H18F2N4O.ClH/c1-10-7-11(13(18)8-12(10)17)16(23)22-6-3-19-9-14(22)15-20-4-5-21(15)2;/h4-5,7-8,14,19H,3,6,9H2,1-2H3;1H. The van der Waals surface area contributed by atoms with Gasteiger partial charge >= 0.3 is 0 Å². The van der Waals surface area contributed by atoms with Crippen LogP contribution >= 0.6 is 12.4 Å². The van der Waals surface area contributed by atoms with E-state index in [-0.39, 0.29) is 29.6 Å². The molecule has 2 aromatic rings. The fourth-order valence-electron chi connectivity index (χ4n) is 2.85. The molecular weight excluding hydrogens is 338 g/mol.